The van der Waals surface area contributed by atoms with Crippen LogP contribution in [0, 0.1) is 13.8 Å². The highest BCUT2D eigenvalue weighted by molar-refractivity contribution is 5.32. The second-order valence-electron chi connectivity index (χ2n) is 6.64. The van der Waals surface area contributed by atoms with Gasteiger partial charge < -0.3 is 10.4 Å². The van der Waals surface area contributed by atoms with Gasteiger partial charge in [0.2, 0.25) is 0 Å². The summed E-state index contributed by atoms with van der Waals surface area (Å²) in [6.07, 6.45) is 7.11. The fraction of sp³-hybridized carbons (Fsp3) is 0.556. The lowest BCUT2D eigenvalue weighted by Crippen LogP contribution is -2.42. The first-order chi connectivity index (χ1) is 11.1. The van der Waals surface area contributed by atoms with E-state index in [1.807, 2.05) is 29.8 Å². The molecule has 0 amide bonds. The van der Waals surface area contributed by atoms with Gasteiger partial charge in [-0.05, 0) is 38.8 Å². The molecule has 1 aliphatic carbocycles. The van der Waals surface area contributed by atoms with Crippen molar-refractivity contribution < 1.29 is 5.11 Å². The van der Waals surface area contributed by atoms with E-state index in [9.17, 15) is 5.11 Å². The Kier molecular flexibility index (Phi) is 4.78. The molecule has 0 bridgehead atoms. The van der Waals surface area contributed by atoms with E-state index in [4.69, 9.17) is 0 Å². The Morgan fingerprint density at radius 3 is 2.70 bits per heavy atom. The van der Waals surface area contributed by atoms with Crippen LogP contribution in [0.3, 0.4) is 0 Å². The van der Waals surface area contributed by atoms with Crippen molar-refractivity contribution in [3.63, 3.8) is 0 Å². The van der Waals surface area contributed by atoms with Crippen molar-refractivity contribution in [1.82, 2.24) is 20.1 Å². The van der Waals surface area contributed by atoms with E-state index >= 15 is 0 Å². The van der Waals surface area contributed by atoms with Crippen LogP contribution in [-0.2, 0) is 6.54 Å². The predicted octanol–water partition coefficient (Wildman–Crippen LogP) is 2.67. The van der Waals surface area contributed by atoms with Gasteiger partial charge in [0, 0.05) is 30.5 Å². The summed E-state index contributed by atoms with van der Waals surface area (Å²) in [6.45, 7) is 5.48. The van der Waals surface area contributed by atoms with Gasteiger partial charge in [-0.1, -0.05) is 25.3 Å². The van der Waals surface area contributed by atoms with E-state index in [-0.39, 0.29) is 0 Å². The smallest absolute Gasteiger partial charge is 0.153 e. The Morgan fingerprint density at radius 2 is 2.00 bits per heavy atom. The zero-order chi connectivity index (χ0) is 16.3. The van der Waals surface area contributed by atoms with Gasteiger partial charge in [0.05, 0.1) is 11.3 Å². The molecular formula is C18H26N4O. The molecule has 0 aromatic carbocycles. The molecule has 1 fully saturated rings. The lowest BCUT2D eigenvalue weighted by atomic mass is 9.85. The van der Waals surface area contributed by atoms with Crippen LogP contribution >= 0.6 is 0 Å². The van der Waals surface area contributed by atoms with Crippen molar-refractivity contribution >= 4 is 0 Å². The van der Waals surface area contributed by atoms with E-state index in [0.29, 0.717) is 6.54 Å². The zero-order valence-electron chi connectivity index (χ0n) is 14.0. The van der Waals surface area contributed by atoms with Gasteiger partial charge >= 0.3 is 0 Å². The zero-order valence-corrected chi connectivity index (χ0v) is 14.0. The normalized spacial score (nSPS) is 17.3. The third kappa shape index (κ3) is 3.62. The Hall–Kier alpha value is -1.72. The molecular weight excluding hydrogens is 288 g/mol. The molecule has 0 saturated heterocycles. The number of aryl methyl sites for hydroxylation is 1. The largest absolute Gasteiger partial charge is 0.389 e. The monoisotopic (exact) mass is 314 g/mol. The van der Waals surface area contributed by atoms with Crippen LogP contribution < -0.4 is 5.32 Å². The molecule has 5 nitrogen and oxygen atoms in total. The fourth-order valence-electron chi connectivity index (χ4n) is 3.44. The molecule has 2 aromatic rings. The van der Waals surface area contributed by atoms with Crippen molar-refractivity contribution in [2.45, 2.75) is 58.1 Å². The number of nitrogens with zero attached hydrogens (tertiary/aromatic N) is 3. The summed E-state index contributed by atoms with van der Waals surface area (Å²) in [4.78, 5) is 4.37. The number of aliphatic hydroxyl groups is 1. The highest BCUT2D eigenvalue weighted by Crippen LogP contribution is 2.27. The minimum Gasteiger partial charge on any atom is -0.389 e. The minimum absolute atomic E-state index is 0.531. The number of nitrogens with one attached hydrogen (secondary N) is 1. The van der Waals surface area contributed by atoms with Crippen LogP contribution in [0.5, 0.6) is 0 Å². The van der Waals surface area contributed by atoms with Crippen LogP contribution in [0.1, 0.15) is 49.1 Å². The van der Waals surface area contributed by atoms with Crippen LogP contribution in [0.25, 0.3) is 5.82 Å². The summed E-state index contributed by atoms with van der Waals surface area (Å²) in [6, 6.07) is 5.83. The maximum Gasteiger partial charge on any atom is 0.153 e. The molecule has 23 heavy (non-hydrogen) atoms. The molecule has 1 aliphatic rings. The van der Waals surface area contributed by atoms with Crippen molar-refractivity contribution in [1.29, 1.82) is 0 Å². The Labute approximate surface area is 137 Å². The standard InChI is InChI=1S/C18H26N4O/c1-14-16(12-19-13-18(23)9-5-3-6-10-18)15(2)22(21-14)17-8-4-7-11-20-17/h4,7-8,11,19,23H,3,5-6,9-10,12-13H2,1-2H3. The Bertz CT molecular complexity index is 645. The van der Waals surface area contributed by atoms with Gasteiger partial charge in [-0.3, -0.25) is 0 Å². The summed E-state index contributed by atoms with van der Waals surface area (Å²) in [7, 11) is 0. The number of hydrogen-bond acceptors (Lipinski definition) is 4. The highest BCUT2D eigenvalue weighted by Gasteiger charge is 2.28. The van der Waals surface area contributed by atoms with Crippen LogP contribution in [-0.4, -0.2) is 32.0 Å². The first-order valence-electron chi connectivity index (χ1n) is 8.49. The second kappa shape index (κ2) is 6.81. The molecule has 2 N–H and O–H groups in total. The quantitative estimate of drug-likeness (QED) is 0.890. The van der Waals surface area contributed by atoms with Crippen molar-refractivity contribution in [3.05, 3.63) is 41.3 Å². The Balaban J connectivity index is 1.68. The van der Waals surface area contributed by atoms with E-state index in [2.05, 4.69) is 22.3 Å². The summed E-state index contributed by atoms with van der Waals surface area (Å²) in [5.41, 5.74) is 2.77. The minimum atomic E-state index is -0.531. The van der Waals surface area contributed by atoms with Crippen molar-refractivity contribution in [2.24, 2.45) is 0 Å². The third-order valence-corrected chi connectivity index (χ3v) is 4.85. The Morgan fingerprint density at radius 1 is 1.22 bits per heavy atom. The van der Waals surface area contributed by atoms with Crippen LogP contribution in [0.4, 0.5) is 0 Å². The summed E-state index contributed by atoms with van der Waals surface area (Å²) in [5.74, 6) is 0.838. The molecule has 0 atom stereocenters. The number of aromatic nitrogens is 3. The molecule has 0 unspecified atom stereocenters. The van der Waals surface area contributed by atoms with E-state index in [1.54, 1.807) is 6.20 Å². The maximum absolute atomic E-state index is 10.6. The molecule has 0 aliphatic heterocycles. The van der Waals surface area contributed by atoms with E-state index < -0.39 is 5.60 Å². The van der Waals surface area contributed by atoms with E-state index in [1.165, 1.54) is 12.0 Å². The number of rotatable bonds is 5. The molecule has 5 heteroatoms. The lowest BCUT2D eigenvalue weighted by molar-refractivity contribution is 0.00465. The molecule has 0 radical (unpaired) electrons. The molecule has 2 heterocycles. The van der Waals surface area contributed by atoms with Crippen LogP contribution in [0.2, 0.25) is 0 Å². The second-order valence-corrected chi connectivity index (χ2v) is 6.64. The average molecular weight is 314 g/mol. The predicted molar refractivity (Wildman–Crippen MR) is 90.6 cm³/mol. The highest BCUT2D eigenvalue weighted by atomic mass is 16.3. The molecule has 2 aromatic heterocycles. The van der Waals surface area contributed by atoms with E-state index in [0.717, 1.165) is 49.4 Å². The lowest BCUT2D eigenvalue weighted by Gasteiger charge is -2.32. The third-order valence-electron chi connectivity index (χ3n) is 4.85. The summed E-state index contributed by atoms with van der Waals surface area (Å²) < 4.78 is 1.89. The molecule has 0 spiro atoms. The molecule has 1 saturated carbocycles. The summed E-state index contributed by atoms with van der Waals surface area (Å²) >= 11 is 0. The van der Waals surface area contributed by atoms with Gasteiger partial charge in [-0.2, -0.15) is 5.10 Å². The fourth-order valence-corrected chi connectivity index (χ4v) is 3.44. The van der Waals surface area contributed by atoms with Crippen molar-refractivity contribution in [2.75, 3.05) is 6.54 Å². The summed E-state index contributed by atoms with van der Waals surface area (Å²) in [5, 5.41) is 18.6. The molecule has 124 valence electrons. The first kappa shape index (κ1) is 16.1. The van der Waals surface area contributed by atoms with Gasteiger partial charge in [0.1, 0.15) is 0 Å². The number of pyridine rings is 1. The van der Waals surface area contributed by atoms with Crippen LogP contribution in [0.15, 0.2) is 24.4 Å². The van der Waals surface area contributed by atoms with Gasteiger partial charge in [-0.15, -0.1) is 0 Å². The van der Waals surface area contributed by atoms with Gasteiger partial charge in [0.15, 0.2) is 5.82 Å². The average Bonchev–Trinajstić information content (AvgIpc) is 2.84. The topological polar surface area (TPSA) is 63.0 Å². The number of hydrogen-bond donors (Lipinski definition) is 2. The van der Waals surface area contributed by atoms with Gasteiger partial charge in [-0.25, -0.2) is 9.67 Å². The van der Waals surface area contributed by atoms with Crippen molar-refractivity contribution in [3.8, 4) is 5.82 Å². The molecule has 3 rings (SSSR count). The van der Waals surface area contributed by atoms with Gasteiger partial charge in [0.25, 0.3) is 0 Å². The maximum atomic E-state index is 10.6. The SMILES string of the molecule is Cc1nn(-c2ccccn2)c(C)c1CNCC1(O)CCCCC1. The first-order valence-corrected chi connectivity index (χ1v) is 8.49.